The molecule has 1 aliphatic rings. The topological polar surface area (TPSA) is 93.5 Å². The van der Waals surface area contributed by atoms with Crippen molar-refractivity contribution in [2.75, 3.05) is 11.9 Å². The number of para-hydroxylation sites is 1. The summed E-state index contributed by atoms with van der Waals surface area (Å²) in [5.74, 6) is -0.665. The molecule has 0 aliphatic carbocycles. The molecule has 1 heterocycles. The number of benzene rings is 2. The number of ether oxygens (including phenoxy) is 1. The van der Waals surface area contributed by atoms with Crippen LogP contribution < -0.4 is 21.1 Å². The molecule has 134 valence electrons. The third-order valence-corrected chi connectivity index (χ3v) is 4.48. The minimum atomic E-state index is -0.552. The maximum absolute atomic E-state index is 13.7. The highest BCUT2D eigenvalue weighted by Crippen LogP contribution is 2.31. The molecule has 3 rings (SSSR count). The molecule has 4 N–H and O–H groups in total. The van der Waals surface area contributed by atoms with Gasteiger partial charge in [-0.3, -0.25) is 9.59 Å². The number of thioether (sulfide) groups is 1. The van der Waals surface area contributed by atoms with E-state index >= 15 is 0 Å². The van der Waals surface area contributed by atoms with Gasteiger partial charge in [-0.15, -0.1) is 0 Å². The predicted octanol–water partition coefficient (Wildman–Crippen LogP) is 2.29. The molecule has 1 aliphatic heterocycles. The molecule has 0 radical (unpaired) electrons. The van der Waals surface area contributed by atoms with Gasteiger partial charge in [-0.2, -0.15) is 0 Å². The highest BCUT2D eigenvalue weighted by molar-refractivity contribution is 8.05. The molecular formula is C18H16FN3O3S. The summed E-state index contributed by atoms with van der Waals surface area (Å²) in [6.07, 6.45) is 1.72. The molecule has 1 atom stereocenters. The number of carbonyl (C=O) groups excluding carboxylic acids is 2. The lowest BCUT2D eigenvalue weighted by atomic mass is 10.2. The molecule has 1 fully saturated rings. The molecule has 0 aromatic heterocycles. The zero-order valence-electron chi connectivity index (χ0n) is 13.6. The smallest absolute Gasteiger partial charge is 0.260 e. The summed E-state index contributed by atoms with van der Waals surface area (Å²) < 4.78 is 18.9. The summed E-state index contributed by atoms with van der Waals surface area (Å²) in [7, 11) is 0. The summed E-state index contributed by atoms with van der Waals surface area (Å²) in [4.78, 5) is 23.3. The first-order valence-electron chi connectivity index (χ1n) is 7.73. The third-order valence-electron chi connectivity index (χ3n) is 3.45. The summed E-state index contributed by atoms with van der Waals surface area (Å²) in [6, 6.07) is 13.2. The standard InChI is InChI=1S/C18H16FN3O3S/c19-13-3-1-2-4-14(13)21-18-22-17(24)15(26-18)9-11-5-7-12(8-6-11)25-10-16(20)23/h1-9,18,21H,10H2,(H2,20,23)(H,22,24)/b15-9-. The van der Waals surface area contributed by atoms with E-state index in [0.717, 1.165) is 5.56 Å². The van der Waals surface area contributed by atoms with Crippen LogP contribution >= 0.6 is 11.8 Å². The van der Waals surface area contributed by atoms with E-state index in [1.165, 1.54) is 17.8 Å². The predicted molar refractivity (Wildman–Crippen MR) is 98.7 cm³/mol. The van der Waals surface area contributed by atoms with E-state index in [9.17, 15) is 14.0 Å². The number of primary amides is 1. The van der Waals surface area contributed by atoms with E-state index < -0.39 is 11.4 Å². The quantitative estimate of drug-likeness (QED) is 0.676. The molecule has 1 saturated heterocycles. The van der Waals surface area contributed by atoms with Crippen molar-refractivity contribution in [1.82, 2.24) is 5.32 Å². The summed E-state index contributed by atoms with van der Waals surface area (Å²) >= 11 is 1.27. The molecule has 2 aromatic rings. The highest BCUT2D eigenvalue weighted by Gasteiger charge is 2.27. The minimum absolute atomic E-state index is 0.192. The minimum Gasteiger partial charge on any atom is -0.484 e. The second kappa shape index (κ2) is 7.92. The van der Waals surface area contributed by atoms with Crippen molar-refractivity contribution in [3.63, 3.8) is 0 Å². The molecule has 0 bridgehead atoms. The van der Waals surface area contributed by atoms with Gasteiger partial charge in [0, 0.05) is 0 Å². The summed E-state index contributed by atoms with van der Waals surface area (Å²) in [5.41, 5.74) is 5.68. The van der Waals surface area contributed by atoms with Crippen LogP contribution in [0.2, 0.25) is 0 Å². The van der Waals surface area contributed by atoms with Gasteiger partial charge in [0.25, 0.3) is 11.8 Å². The first-order valence-corrected chi connectivity index (χ1v) is 8.61. The Morgan fingerprint density at radius 2 is 2.00 bits per heavy atom. The molecule has 2 aromatic carbocycles. The number of halogens is 1. The number of hydrogen-bond donors (Lipinski definition) is 3. The molecular weight excluding hydrogens is 357 g/mol. The Morgan fingerprint density at radius 1 is 1.27 bits per heavy atom. The molecule has 26 heavy (non-hydrogen) atoms. The van der Waals surface area contributed by atoms with Gasteiger partial charge >= 0.3 is 0 Å². The Bertz CT molecular complexity index is 855. The van der Waals surface area contributed by atoms with Crippen molar-refractivity contribution in [2.45, 2.75) is 5.50 Å². The Balaban J connectivity index is 1.65. The van der Waals surface area contributed by atoms with Crippen molar-refractivity contribution < 1.29 is 18.7 Å². The third kappa shape index (κ3) is 4.54. The van der Waals surface area contributed by atoms with Crippen LogP contribution in [0.4, 0.5) is 10.1 Å². The highest BCUT2D eigenvalue weighted by atomic mass is 32.2. The maximum Gasteiger partial charge on any atom is 0.260 e. The molecule has 2 amide bonds. The zero-order chi connectivity index (χ0) is 18.5. The monoisotopic (exact) mass is 373 g/mol. The lowest BCUT2D eigenvalue weighted by molar-refractivity contribution is -0.120. The van der Waals surface area contributed by atoms with Gasteiger partial charge in [-0.25, -0.2) is 4.39 Å². The van der Waals surface area contributed by atoms with Gasteiger partial charge in [0.2, 0.25) is 0 Å². The molecule has 0 spiro atoms. The van der Waals surface area contributed by atoms with Gasteiger partial charge in [0.15, 0.2) is 12.1 Å². The van der Waals surface area contributed by atoms with Gasteiger partial charge in [0.05, 0.1) is 10.6 Å². The normalized spacial score (nSPS) is 17.8. The average Bonchev–Trinajstić information content (AvgIpc) is 2.95. The van der Waals surface area contributed by atoms with Gasteiger partial charge in [-0.05, 0) is 35.9 Å². The van der Waals surface area contributed by atoms with Crippen LogP contribution in [0.5, 0.6) is 5.75 Å². The first-order chi connectivity index (χ1) is 12.5. The molecule has 8 heteroatoms. The van der Waals surface area contributed by atoms with Crippen LogP contribution in [-0.2, 0) is 9.59 Å². The number of hydrogen-bond acceptors (Lipinski definition) is 5. The fourth-order valence-corrected chi connectivity index (χ4v) is 3.23. The lowest BCUT2D eigenvalue weighted by Crippen LogP contribution is -2.31. The van der Waals surface area contributed by atoms with Crippen LogP contribution in [0.1, 0.15) is 5.56 Å². The van der Waals surface area contributed by atoms with Crippen molar-refractivity contribution in [1.29, 1.82) is 0 Å². The Labute approximate surface area is 153 Å². The number of rotatable bonds is 6. The summed E-state index contributed by atoms with van der Waals surface area (Å²) in [5, 5.41) is 5.69. The second-order valence-electron chi connectivity index (χ2n) is 5.43. The Morgan fingerprint density at radius 3 is 2.69 bits per heavy atom. The largest absolute Gasteiger partial charge is 0.484 e. The van der Waals surface area contributed by atoms with E-state index in [4.69, 9.17) is 10.5 Å². The molecule has 0 saturated carbocycles. The first kappa shape index (κ1) is 17.8. The second-order valence-corrected chi connectivity index (χ2v) is 6.58. The number of anilines is 1. The lowest BCUT2D eigenvalue weighted by Gasteiger charge is -2.12. The van der Waals surface area contributed by atoms with E-state index in [0.29, 0.717) is 16.3 Å². The van der Waals surface area contributed by atoms with E-state index in [-0.39, 0.29) is 18.3 Å². The van der Waals surface area contributed by atoms with Crippen LogP contribution in [0.3, 0.4) is 0 Å². The van der Waals surface area contributed by atoms with Crippen molar-refractivity contribution in [2.24, 2.45) is 5.73 Å². The summed E-state index contributed by atoms with van der Waals surface area (Å²) in [6.45, 7) is -0.192. The number of carbonyl (C=O) groups is 2. The van der Waals surface area contributed by atoms with E-state index in [1.54, 1.807) is 48.5 Å². The van der Waals surface area contributed by atoms with Crippen LogP contribution in [0.15, 0.2) is 53.4 Å². The maximum atomic E-state index is 13.7. The van der Waals surface area contributed by atoms with Crippen molar-refractivity contribution >= 4 is 35.3 Å². The van der Waals surface area contributed by atoms with Gasteiger partial charge < -0.3 is 21.1 Å². The van der Waals surface area contributed by atoms with E-state index in [2.05, 4.69) is 10.6 Å². The number of nitrogens with two attached hydrogens (primary N) is 1. The molecule has 1 unspecified atom stereocenters. The SMILES string of the molecule is NC(=O)COc1ccc(/C=C2\SC(Nc3ccccc3F)NC2=O)cc1. The van der Waals surface area contributed by atoms with Gasteiger partial charge in [-0.1, -0.05) is 36.0 Å². The fraction of sp³-hybridized carbons (Fsp3) is 0.111. The zero-order valence-corrected chi connectivity index (χ0v) is 14.4. The number of amides is 2. The van der Waals surface area contributed by atoms with Crippen molar-refractivity contribution in [3.8, 4) is 5.75 Å². The van der Waals surface area contributed by atoms with Crippen molar-refractivity contribution in [3.05, 3.63) is 64.8 Å². The average molecular weight is 373 g/mol. The molecule has 6 nitrogen and oxygen atoms in total. The van der Waals surface area contributed by atoms with Gasteiger partial charge in [0.1, 0.15) is 11.6 Å². The van der Waals surface area contributed by atoms with Crippen LogP contribution in [0, 0.1) is 5.82 Å². The Kier molecular flexibility index (Phi) is 5.43. The fourth-order valence-electron chi connectivity index (χ4n) is 2.25. The Hall–Kier alpha value is -3.00. The van der Waals surface area contributed by atoms with E-state index in [1.807, 2.05) is 0 Å². The van der Waals surface area contributed by atoms with Crippen LogP contribution in [-0.4, -0.2) is 23.9 Å². The number of nitrogens with one attached hydrogen (secondary N) is 2. The van der Waals surface area contributed by atoms with Crippen LogP contribution in [0.25, 0.3) is 6.08 Å².